The Hall–Kier alpha value is -1.14. The topological polar surface area (TPSA) is 66.1 Å². The molecular formula is C14H25N5O. The fraction of sp³-hybridized carbons (Fsp3) is 0.857. The number of hydrogen-bond donors (Lipinski definition) is 2. The maximum absolute atomic E-state index is 5.66. The summed E-state index contributed by atoms with van der Waals surface area (Å²) in [6.07, 6.45) is 4.35. The van der Waals surface area contributed by atoms with E-state index >= 15 is 0 Å². The maximum atomic E-state index is 5.66. The van der Waals surface area contributed by atoms with Gasteiger partial charge < -0.3 is 15.0 Å². The molecule has 1 aromatic rings. The third kappa shape index (κ3) is 2.67. The van der Waals surface area contributed by atoms with Crippen molar-refractivity contribution in [3.05, 3.63) is 5.82 Å². The van der Waals surface area contributed by atoms with Crippen LogP contribution in [0.1, 0.15) is 38.9 Å². The number of hydrogen-bond acceptors (Lipinski definition) is 5. The van der Waals surface area contributed by atoms with E-state index < -0.39 is 0 Å². The molecule has 2 N–H and O–H groups in total. The van der Waals surface area contributed by atoms with Gasteiger partial charge in [0.05, 0.1) is 5.60 Å². The first-order valence-electron chi connectivity index (χ1n) is 7.58. The van der Waals surface area contributed by atoms with Crippen LogP contribution in [0.5, 0.6) is 0 Å². The Kier molecular flexibility index (Phi) is 3.69. The van der Waals surface area contributed by atoms with Gasteiger partial charge in [0, 0.05) is 38.7 Å². The van der Waals surface area contributed by atoms with Gasteiger partial charge >= 0.3 is 0 Å². The summed E-state index contributed by atoms with van der Waals surface area (Å²) in [4.78, 5) is 6.93. The lowest BCUT2D eigenvalue weighted by Crippen LogP contribution is -2.54. The van der Waals surface area contributed by atoms with Gasteiger partial charge in [-0.05, 0) is 33.1 Å². The zero-order chi connectivity index (χ0) is 14.2. The summed E-state index contributed by atoms with van der Waals surface area (Å²) >= 11 is 0. The van der Waals surface area contributed by atoms with Gasteiger partial charge in [-0.2, -0.15) is 4.98 Å². The van der Waals surface area contributed by atoms with E-state index in [-0.39, 0.29) is 5.60 Å². The smallest absolute Gasteiger partial charge is 0.244 e. The second kappa shape index (κ2) is 5.33. The van der Waals surface area contributed by atoms with Gasteiger partial charge in [0.25, 0.3) is 0 Å². The number of piperazine rings is 1. The first-order valence-corrected chi connectivity index (χ1v) is 7.58. The van der Waals surface area contributed by atoms with Crippen molar-refractivity contribution in [3.63, 3.8) is 0 Å². The molecule has 0 amide bonds. The highest BCUT2D eigenvalue weighted by Gasteiger charge is 2.38. The van der Waals surface area contributed by atoms with E-state index in [1.807, 2.05) is 0 Å². The molecule has 2 heterocycles. The Morgan fingerprint density at radius 1 is 1.30 bits per heavy atom. The molecule has 2 atom stereocenters. The zero-order valence-corrected chi connectivity index (χ0v) is 12.6. The summed E-state index contributed by atoms with van der Waals surface area (Å²) in [5, 5.41) is 11.0. The lowest BCUT2D eigenvalue weighted by molar-refractivity contribution is -0.0720. The number of ether oxygens (including phenoxy) is 1. The van der Waals surface area contributed by atoms with E-state index in [4.69, 9.17) is 4.74 Å². The Labute approximate surface area is 120 Å². The van der Waals surface area contributed by atoms with Crippen molar-refractivity contribution in [1.29, 1.82) is 0 Å². The molecule has 2 unspecified atom stereocenters. The monoisotopic (exact) mass is 279 g/mol. The van der Waals surface area contributed by atoms with Crippen molar-refractivity contribution >= 4 is 5.95 Å². The van der Waals surface area contributed by atoms with Crippen molar-refractivity contribution in [2.75, 3.05) is 25.1 Å². The maximum Gasteiger partial charge on any atom is 0.244 e. The molecule has 1 aromatic heterocycles. The van der Waals surface area contributed by atoms with E-state index in [1.165, 1.54) is 6.42 Å². The number of methoxy groups -OCH3 is 1. The van der Waals surface area contributed by atoms with Gasteiger partial charge in [-0.1, -0.05) is 0 Å². The number of anilines is 1. The zero-order valence-electron chi connectivity index (χ0n) is 12.6. The third-order valence-corrected chi connectivity index (χ3v) is 4.55. The van der Waals surface area contributed by atoms with Gasteiger partial charge in [0.2, 0.25) is 5.95 Å². The average Bonchev–Trinajstić information content (AvgIpc) is 2.81. The third-order valence-electron chi connectivity index (χ3n) is 4.55. The van der Waals surface area contributed by atoms with Crippen molar-refractivity contribution in [3.8, 4) is 0 Å². The normalized spacial score (nSPS) is 29.2. The van der Waals surface area contributed by atoms with Crippen molar-refractivity contribution in [1.82, 2.24) is 20.5 Å². The first-order chi connectivity index (χ1) is 9.60. The summed E-state index contributed by atoms with van der Waals surface area (Å²) in [6, 6.07) is 0.940. The first kappa shape index (κ1) is 13.8. The van der Waals surface area contributed by atoms with Crippen molar-refractivity contribution < 1.29 is 4.74 Å². The molecule has 0 bridgehead atoms. The Balaban J connectivity index is 1.67. The van der Waals surface area contributed by atoms with E-state index in [0.717, 1.165) is 44.1 Å². The molecule has 1 saturated carbocycles. The Bertz CT molecular complexity index is 441. The quantitative estimate of drug-likeness (QED) is 0.864. The van der Waals surface area contributed by atoms with Crippen LogP contribution in [-0.4, -0.2) is 53.1 Å². The molecule has 112 valence electrons. The van der Waals surface area contributed by atoms with E-state index in [2.05, 4.69) is 39.2 Å². The van der Waals surface area contributed by atoms with Gasteiger partial charge in [0.1, 0.15) is 5.82 Å². The highest BCUT2D eigenvalue weighted by molar-refractivity contribution is 5.31. The van der Waals surface area contributed by atoms with Gasteiger partial charge in [-0.25, -0.2) is 0 Å². The van der Waals surface area contributed by atoms with Crippen LogP contribution in [0.25, 0.3) is 0 Å². The number of H-pyrrole nitrogens is 1. The van der Waals surface area contributed by atoms with E-state index in [0.29, 0.717) is 12.1 Å². The van der Waals surface area contributed by atoms with Crippen LogP contribution in [0, 0.1) is 0 Å². The molecule has 0 aromatic carbocycles. The Morgan fingerprint density at radius 2 is 2.00 bits per heavy atom. The number of aromatic amines is 1. The Morgan fingerprint density at radius 3 is 2.55 bits per heavy atom. The molecule has 0 spiro atoms. The summed E-state index contributed by atoms with van der Waals surface area (Å²) < 4.78 is 5.66. The van der Waals surface area contributed by atoms with Crippen LogP contribution in [-0.2, 0) is 11.2 Å². The summed E-state index contributed by atoms with van der Waals surface area (Å²) in [7, 11) is 1.80. The van der Waals surface area contributed by atoms with E-state index in [1.54, 1.807) is 7.11 Å². The number of rotatable bonds is 4. The number of nitrogens with one attached hydrogen (secondary N) is 2. The van der Waals surface area contributed by atoms with Gasteiger partial charge in [-0.3, -0.25) is 5.10 Å². The van der Waals surface area contributed by atoms with Crippen LogP contribution in [0.2, 0.25) is 0 Å². The fourth-order valence-corrected chi connectivity index (χ4v) is 3.33. The molecule has 1 saturated heterocycles. The average molecular weight is 279 g/mol. The summed E-state index contributed by atoms with van der Waals surface area (Å²) in [6.45, 7) is 6.31. The van der Waals surface area contributed by atoms with Crippen LogP contribution in [0.15, 0.2) is 0 Å². The molecule has 1 aliphatic carbocycles. The largest absolute Gasteiger partial charge is 0.378 e. The second-order valence-corrected chi connectivity index (χ2v) is 6.37. The highest BCUT2D eigenvalue weighted by atomic mass is 16.5. The van der Waals surface area contributed by atoms with Gasteiger partial charge in [-0.15, -0.1) is 5.10 Å². The minimum atomic E-state index is 0.000834. The molecule has 0 radical (unpaired) electrons. The second-order valence-electron chi connectivity index (χ2n) is 6.37. The summed E-state index contributed by atoms with van der Waals surface area (Å²) in [5.41, 5.74) is 0.000834. The molecule has 2 aliphatic rings. The minimum Gasteiger partial charge on any atom is -0.378 e. The van der Waals surface area contributed by atoms with Crippen LogP contribution < -0.4 is 10.2 Å². The standard InChI is InChI=1S/C14H25N5O/c1-10-8-19(9-11(2)15-10)13-16-12(17-18-13)7-14(20-3)5-4-6-14/h10-11,15H,4-9H2,1-3H3,(H,16,17,18). The molecule has 6 nitrogen and oxygen atoms in total. The SMILES string of the molecule is COC1(Cc2nc(N3CC(C)NC(C)C3)n[nH]2)CCC1. The van der Waals surface area contributed by atoms with Crippen molar-refractivity contribution in [2.24, 2.45) is 0 Å². The highest BCUT2D eigenvalue weighted by Crippen LogP contribution is 2.37. The molecular weight excluding hydrogens is 254 g/mol. The van der Waals surface area contributed by atoms with Gasteiger partial charge in [0.15, 0.2) is 0 Å². The minimum absolute atomic E-state index is 0.000834. The predicted molar refractivity (Wildman–Crippen MR) is 78.0 cm³/mol. The molecule has 6 heteroatoms. The predicted octanol–water partition coefficient (Wildman–Crippen LogP) is 1.10. The molecule has 3 rings (SSSR count). The molecule has 2 fully saturated rings. The lowest BCUT2D eigenvalue weighted by Gasteiger charge is -2.39. The van der Waals surface area contributed by atoms with Crippen molar-refractivity contribution in [2.45, 2.75) is 57.2 Å². The fourth-order valence-electron chi connectivity index (χ4n) is 3.33. The number of nitrogens with zero attached hydrogens (tertiary/aromatic N) is 3. The molecule has 20 heavy (non-hydrogen) atoms. The lowest BCUT2D eigenvalue weighted by atomic mass is 9.77. The number of aromatic nitrogens is 3. The van der Waals surface area contributed by atoms with E-state index in [9.17, 15) is 0 Å². The van der Waals surface area contributed by atoms with Crippen LogP contribution in [0.4, 0.5) is 5.95 Å². The van der Waals surface area contributed by atoms with Crippen LogP contribution in [0.3, 0.4) is 0 Å². The molecule has 1 aliphatic heterocycles. The van der Waals surface area contributed by atoms with Crippen LogP contribution >= 0.6 is 0 Å². The summed E-state index contributed by atoms with van der Waals surface area (Å²) in [5.74, 6) is 1.77.